The molecule has 3 atom stereocenters. The summed E-state index contributed by atoms with van der Waals surface area (Å²) in [7, 11) is 0. The third-order valence-corrected chi connectivity index (χ3v) is 3.88. The molecule has 1 aromatic rings. The summed E-state index contributed by atoms with van der Waals surface area (Å²) in [6.07, 6.45) is 0.982. The van der Waals surface area contributed by atoms with E-state index < -0.39 is 6.10 Å². The molecule has 104 valence electrons. The number of para-hydroxylation sites is 1. The van der Waals surface area contributed by atoms with Crippen molar-refractivity contribution in [2.45, 2.75) is 31.0 Å². The van der Waals surface area contributed by atoms with Gasteiger partial charge in [0.15, 0.2) is 0 Å². The highest BCUT2D eigenvalue weighted by molar-refractivity contribution is 5.37. The van der Waals surface area contributed by atoms with Crippen molar-refractivity contribution in [2.24, 2.45) is 0 Å². The van der Waals surface area contributed by atoms with E-state index >= 15 is 0 Å². The van der Waals surface area contributed by atoms with Gasteiger partial charge in [-0.1, -0.05) is 18.2 Å². The zero-order chi connectivity index (χ0) is 13.1. The molecule has 4 heteroatoms. The van der Waals surface area contributed by atoms with Crippen LogP contribution in [0.4, 0.5) is 0 Å². The number of hydrogen-bond acceptors (Lipinski definition) is 4. The molecule has 1 N–H and O–H groups in total. The van der Waals surface area contributed by atoms with Crippen LogP contribution in [-0.4, -0.2) is 43.7 Å². The predicted molar refractivity (Wildman–Crippen MR) is 70.5 cm³/mol. The summed E-state index contributed by atoms with van der Waals surface area (Å²) in [5, 5.41) is 10.3. The molecule has 1 aromatic carbocycles. The second kappa shape index (κ2) is 5.90. The topological polar surface area (TPSA) is 47.9 Å². The Kier molecular flexibility index (Phi) is 4.01. The minimum atomic E-state index is -0.476. The number of aliphatic hydroxyl groups is 1. The summed E-state index contributed by atoms with van der Waals surface area (Å²) in [6.45, 7) is 2.41. The fourth-order valence-electron chi connectivity index (χ4n) is 2.83. The minimum Gasteiger partial charge on any atom is -0.493 e. The molecule has 19 heavy (non-hydrogen) atoms. The van der Waals surface area contributed by atoms with Crippen LogP contribution in [0.25, 0.3) is 0 Å². The quantitative estimate of drug-likeness (QED) is 0.903. The van der Waals surface area contributed by atoms with Gasteiger partial charge in [0.25, 0.3) is 0 Å². The van der Waals surface area contributed by atoms with E-state index in [4.69, 9.17) is 14.2 Å². The zero-order valence-corrected chi connectivity index (χ0v) is 11.0. The van der Waals surface area contributed by atoms with E-state index in [9.17, 15) is 5.11 Å². The Bertz CT molecular complexity index is 414. The highest BCUT2D eigenvalue weighted by Gasteiger charge is 2.29. The van der Waals surface area contributed by atoms with E-state index in [-0.39, 0.29) is 6.10 Å². The van der Waals surface area contributed by atoms with Crippen molar-refractivity contribution in [1.82, 2.24) is 0 Å². The normalized spacial score (nSPS) is 28.3. The molecule has 3 rings (SSSR count). The second-order valence-electron chi connectivity index (χ2n) is 5.16. The van der Waals surface area contributed by atoms with Crippen LogP contribution in [0.1, 0.15) is 24.3 Å². The van der Waals surface area contributed by atoms with Crippen LogP contribution >= 0.6 is 0 Å². The molecular formula is C15H20O4. The molecule has 2 aliphatic rings. The number of benzene rings is 1. The Labute approximate surface area is 113 Å². The van der Waals surface area contributed by atoms with Gasteiger partial charge in [-0.15, -0.1) is 0 Å². The highest BCUT2D eigenvalue weighted by Crippen LogP contribution is 2.36. The zero-order valence-electron chi connectivity index (χ0n) is 11.0. The van der Waals surface area contributed by atoms with Crippen LogP contribution in [-0.2, 0) is 9.47 Å². The van der Waals surface area contributed by atoms with Crippen molar-refractivity contribution >= 4 is 0 Å². The highest BCUT2D eigenvalue weighted by atomic mass is 16.6. The van der Waals surface area contributed by atoms with E-state index in [0.29, 0.717) is 32.2 Å². The monoisotopic (exact) mass is 264 g/mol. The van der Waals surface area contributed by atoms with Gasteiger partial charge in [-0.3, -0.25) is 0 Å². The van der Waals surface area contributed by atoms with E-state index in [1.54, 1.807) is 0 Å². The van der Waals surface area contributed by atoms with Crippen molar-refractivity contribution in [2.75, 3.05) is 26.4 Å². The van der Waals surface area contributed by atoms with Crippen LogP contribution in [0.15, 0.2) is 24.3 Å². The van der Waals surface area contributed by atoms with Gasteiger partial charge in [-0.25, -0.2) is 0 Å². The lowest BCUT2D eigenvalue weighted by Crippen LogP contribution is -2.39. The summed E-state index contributed by atoms with van der Waals surface area (Å²) >= 11 is 0. The van der Waals surface area contributed by atoms with E-state index in [2.05, 4.69) is 6.07 Å². The lowest BCUT2D eigenvalue weighted by atomic mass is 9.87. The Balaban J connectivity index is 1.66. The van der Waals surface area contributed by atoms with E-state index in [1.165, 1.54) is 5.56 Å². The average molecular weight is 264 g/mol. The Morgan fingerprint density at radius 3 is 2.95 bits per heavy atom. The fourth-order valence-corrected chi connectivity index (χ4v) is 2.83. The molecule has 0 bridgehead atoms. The van der Waals surface area contributed by atoms with Gasteiger partial charge in [0.1, 0.15) is 11.9 Å². The van der Waals surface area contributed by atoms with Crippen molar-refractivity contribution in [3.63, 3.8) is 0 Å². The number of aliphatic hydroxyl groups excluding tert-OH is 1. The third kappa shape index (κ3) is 2.91. The minimum absolute atomic E-state index is 0.191. The van der Waals surface area contributed by atoms with Crippen LogP contribution in [0, 0.1) is 0 Å². The first-order chi connectivity index (χ1) is 9.34. The largest absolute Gasteiger partial charge is 0.493 e. The van der Waals surface area contributed by atoms with Crippen LogP contribution in [0.5, 0.6) is 5.75 Å². The molecule has 0 radical (unpaired) electrons. The maximum Gasteiger partial charge on any atom is 0.122 e. The number of rotatable bonds is 3. The van der Waals surface area contributed by atoms with Crippen LogP contribution in [0.3, 0.4) is 0 Å². The fraction of sp³-hybridized carbons (Fsp3) is 0.600. The second-order valence-corrected chi connectivity index (χ2v) is 5.16. The molecule has 0 amide bonds. The molecule has 0 aliphatic carbocycles. The van der Waals surface area contributed by atoms with Crippen molar-refractivity contribution in [1.29, 1.82) is 0 Å². The summed E-state index contributed by atoms with van der Waals surface area (Å²) in [5.74, 6) is 1.29. The summed E-state index contributed by atoms with van der Waals surface area (Å²) in [6, 6.07) is 8.08. The van der Waals surface area contributed by atoms with Gasteiger partial charge in [0, 0.05) is 0 Å². The van der Waals surface area contributed by atoms with E-state index in [1.807, 2.05) is 18.2 Å². The molecule has 0 saturated carbocycles. The SMILES string of the molecule is OC(CC1CCOc2ccccc21)C1COCCO1. The van der Waals surface area contributed by atoms with Crippen LogP contribution in [0.2, 0.25) is 0 Å². The van der Waals surface area contributed by atoms with Gasteiger partial charge in [-0.2, -0.15) is 0 Å². The predicted octanol–water partition coefficient (Wildman–Crippen LogP) is 1.72. The average Bonchev–Trinajstić information content (AvgIpc) is 2.48. The molecule has 1 saturated heterocycles. The first-order valence-electron chi connectivity index (χ1n) is 6.94. The number of fused-ring (bicyclic) bond motifs is 1. The lowest BCUT2D eigenvalue weighted by Gasteiger charge is -2.32. The van der Waals surface area contributed by atoms with Crippen molar-refractivity contribution in [3.8, 4) is 5.75 Å². The van der Waals surface area contributed by atoms with E-state index in [0.717, 1.165) is 18.8 Å². The summed E-state index contributed by atoms with van der Waals surface area (Å²) < 4.78 is 16.6. The maximum atomic E-state index is 10.3. The van der Waals surface area contributed by atoms with Gasteiger partial charge in [0.05, 0.1) is 32.5 Å². The first kappa shape index (κ1) is 12.9. The molecule has 0 aromatic heterocycles. The molecule has 2 aliphatic heterocycles. The van der Waals surface area contributed by atoms with Gasteiger partial charge in [0.2, 0.25) is 0 Å². The molecule has 1 fully saturated rings. The molecule has 0 spiro atoms. The lowest BCUT2D eigenvalue weighted by molar-refractivity contribution is -0.134. The molecule has 2 heterocycles. The Hall–Kier alpha value is -1.10. The smallest absolute Gasteiger partial charge is 0.122 e. The van der Waals surface area contributed by atoms with Gasteiger partial charge in [-0.05, 0) is 30.4 Å². The Morgan fingerprint density at radius 2 is 2.11 bits per heavy atom. The summed E-state index contributed by atoms with van der Waals surface area (Å²) in [4.78, 5) is 0. The van der Waals surface area contributed by atoms with Crippen molar-refractivity contribution in [3.05, 3.63) is 29.8 Å². The molecule has 4 nitrogen and oxygen atoms in total. The number of hydrogen-bond donors (Lipinski definition) is 1. The van der Waals surface area contributed by atoms with Gasteiger partial charge < -0.3 is 19.3 Å². The van der Waals surface area contributed by atoms with Crippen LogP contribution < -0.4 is 4.74 Å². The molecule has 3 unspecified atom stereocenters. The first-order valence-corrected chi connectivity index (χ1v) is 6.94. The van der Waals surface area contributed by atoms with Crippen molar-refractivity contribution < 1.29 is 19.3 Å². The summed E-state index contributed by atoms with van der Waals surface area (Å²) in [5.41, 5.74) is 1.20. The maximum absolute atomic E-state index is 10.3. The third-order valence-electron chi connectivity index (χ3n) is 3.88. The Morgan fingerprint density at radius 1 is 1.21 bits per heavy atom. The number of ether oxygens (including phenoxy) is 3. The standard InChI is InChI=1S/C15H20O4/c16-13(15-10-17-7-8-19-15)9-11-5-6-18-14-4-2-1-3-12(11)14/h1-4,11,13,15-16H,5-10H2. The molecular weight excluding hydrogens is 244 g/mol. The van der Waals surface area contributed by atoms with Gasteiger partial charge >= 0.3 is 0 Å².